The van der Waals surface area contributed by atoms with E-state index in [-0.39, 0.29) is 0 Å². The Morgan fingerprint density at radius 2 is 1.73 bits per heavy atom. The molecule has 0 aliphatic carbocycles. The molecular formula is C9H14NS+. The number of hydrogen-bond acceptors (Lipinski definition) is 1. The SMILES string of the molecule is C[S+](C)c1ccc(CN)cc1. The fourth-order valence-corrected chi connectivity index (χ4v) is 1.58. The Labute approximate surface area is 71.0 Å². The van der Waals surface area contributed by atoms with Crippen molar-refractivity contribution < 1.29 is 0 Å². The van der Waals surface area contributed by atoms with E-state index in [1.807, 2.05) is 0 Å². The highest BCUT2D eigenvalue weighted by Gasteiger charge is 2.05. The lowest BCUT2D eigenvalue weighted by Crippen LogP contribution is -1.98. The van der Waals surface area contributed by atoms with E-state index in [4.69, 9.17) is 5.73 Å². The smallest absolute Gasteiger partial charge is 0.154 e. The van der Waals surface area contributed by atoms with Crippen LogP contribution >= 0.6 is 0 Å². The summed E-state index contributed by atoms with van der Waals surface area (Å²) in [6.45, 7) is 0.640. The molecule has 0 spiro atoms. The van der Waals surface area contributed by atoms with Crippen LogP contribution in [-0.4, -0.2) is 12.5 Å². The van der Waals surface area contributed by atoms with E-state index < -0.39 is 0 Å². The zero-order chi connectivity index (χ0) is 8.27. The molecule has 2 heteroatoms. The molecule has 0 unspecified atom stereocenters. The minimum Gasteiger partial charge on any atom is -0.326 e. The molecule has 0 atom stereocenters. The van der Waals surface area contributed by atoms with Crippen molar-refractivity contribution >= 4 is 10.9 Å². The maximum Gasteiger partial charge on any atom is 0.154 e. The topological polar surface area (TPSA) is 26.0 Å². The monoisotopic (exact) mass is 168 g/mol. The predicted molar refractivity (Wildman–Crippen MR) is 51.8 cm³/mol. The van der Waals surface area contributed by atoms with E-state index in [9.17, 15) is 0 Å². The second kappa shape index (κ2) is 3.79. The lowest BCUT2D eigenvalue weighted by Gasteiger charge is -1.97. The van der Waals surface area contributed by atoms with E-state index in [1.165, 1.54) is 10.5 Å². The van der Waals surface area contributed by atoms with Gasteiger partial charge in [0.15, 0.2) is 4.90 Å². The molecule has 0 bridgehead atoms. The summed E-state index contributed by atoms with van der Waals surface area (Å²) in [5.74, 6) is 0. The first-order valence-electron chi connectivity index (χ1n) is 3.60. The molecule has 0 amide bonds. The van der Waals surface area contributed by atoms with Gasteiger partial charge in [-0.2, -0.15) is 0 Å². The Bertz CT molecular complexity index is 216. The van der Waals surface area contributed by atoms with Crippen molar-refractivity contribution in [2.75, 3.05) is 12.5 Å². The summed E-state index contributed by atoms with van der Waals surface area (Å²) in [5, 5.41) is 0. The standard InChI is InChI=1S/C9H14NS/c1-11(2)9-5-3-8(7-10)4-6-9/h3-6H,7,10H2,1-2H3/q+1. The van der Waals surface area contributed by atoms with Gasteiger partial charge < -0.3 is 5.73 Å². The summed E-state index contributed by atoms with van der Waals surface area (Å²) >= 11 is 0. The lowest BCUT2D eigenvalue weighted by atomic mass is 10.2. The van der Waals surface area contributed by atoms with Crippen LogP contribution in [0.1, 0.15) is 5.56 Å². The van der Waals surface area contributed by atoms with Gasteiger partial charge in [-0.05, 0) is 17.7 Å². The van der Waals surface area contributed by atoms with E-state index in [0.717, 1.165) is 0 Å². The largest absolute Gasteiger partial charge is 0.326 e. The van der Waals surface area contributed by atoms with Crippen molar-refractivity contribution in [2.45, 2.75) is 11.4 Å². The summed E-state index contributed by atoms with van der Waals surface area (Å²) in [6, 6.07) is 8.52. The van der Waals surface area contributed by atoms with Crippen LogP contribution in [0.3, 0.4) is 0 Å². The van der Waals surface area contributed by atoms with Gasteiger partial charge in [-0.15, -0.1) is 0 Å². The zero-order valence-corrected chi connectivity index (χ0v) is 7.82. The molecule has 2 N–H and O–H groups in total. The third kappa shape index (κ3) is 2.24. The van der Waals surface area contributed by atoms with Gasteiger partial charge in [0.05, 0.1) is 0 Å². The highest BCUT2D eigenvalue weighted by Crippen LogP contribution is 2.09. The summed E-state index contributed by atoms with van der Waals surface area (Å²) in [4.78, 5) is 1.40. The number of benzene rings is 1. The van der Waals surface area contributed by atoms with Gasteiger partial charge in [-0.25, -0.2) is 0 Å². The molecule has 1 aromatic rings. The fraction of sp³-hybridized carbons (Fsp3) is 0.333. The normalized spacial score (nSPS) is 10.5. The van der Waals surface area contributed by atoms with Gasteiger partial charge >= 0.3 is 0 Å². The molecule has 0 heterocycles. The van der Waals surface area contributed by atoms with Gasteiger partial charge in [0, 0.05) is 17.4 Å². The number of hydrogen-bond donors (Lipinski definition) is 1. The first-order chi connectivity index (χ1) is 5.24. The molecule has 0 fully saturated rings. The average Bonchev–Trinajstić information content (AvgIpc) is 2.05. The Hall–Kier alpha value is -0.470. The molecule has 1 nitrogen and oxygen atoms in total. The van der Waals surface area contributed by atoms with Gasteiger partial charge in [0.1, 0.15) is 12.5 Å². The van der Waals surface area contributed by atoms with E-state index >= 15 is 0 Å². The minimum absolute atomic E-state index is 0.370. The van der Waals surface area contributed by atoms with Gasteiger partial charge in [0.2, 0.25) is 0 Å². The van der Waals surface area contributed by atoms with Crippen LogP contribution < -0.4 is 5.73 Å². The molecule has 1 aromatic carbocycles. The summed E-state index contributed by atoms with van der Waals surface area (Å²) in [6.07, 6.45) is 4.44. The highest BCUT2D eigenvalue weighted by molar-refractivity contribution is 7.95. The summed E-state index contributed by atoms with van der Waals surface area (Å²) < 4.78 is 0. The van der Waals surface area contributed by atoms with Crippen LogP contribution in [0.2, 0.25) is 0 Å². The predicted octanol–water partition coefficient (Wildman–Crippen LogP) is 1.38. The van der Waals surface area contributed by atoms with E-state index in [1.54, 1.807) is 0 Å². The third-order valence-electron chi connectivity index (χ3n) is 1.63. The second-order valence-electron chi connectivity index (χ2n) is 2.66. The molecule has 0 aliphatic rings. The van der Waals surface area contributed by atoms with Crippen molar-refractivity contribution in [3.63, 3.8) is 0 Å². The minimum atomic E-state index is 0.370. The van der Waals surface area contributed by atoms with Gasteiger partial charge in [-0.1, -0.05) is 12.1 Å². The first-order valence-corrected chi connectivity index (χ1v) is 5.65. The van der Waals surface area contributed by atoms with Crippen LogP contribution in [0.5, 0.6) is 0 Å². The van der Waals surface area contributed by atoms with Crippen LogP contribution in [-0.2, 0) is 17.4 Å². The molecule has 0 radical (unpaired) electrons. The summed E-state index contributed by atoms with van der Waals surface area (Å²) in [5.41, 5.74) is 6.69. The average molecular weight is 168 g/mol. The third-order valence-corrected chi connectivity index (χ3v) is 2.85. The molecule has 1 rings (SSSR count). The number of nitrogens with two attached hydrogens (primary N) is 1. The van der Waals surface area contributed by atoms with Crippen molar-refractivity contribution in [3.05, 3.63) is 29.8 Å². The molecule has 0 saturated heterocycles. The maximum absolute atomic E-state index is 5.48. The Balaban J connectivity index is 2.83. The van der Waals surface area contributed by atoms with Gasteiger partial charge in [0.25, 0.3) is 0 Å². The molecule has 0 saturated carbocycles. The van der Waals surface area contributed by atoms with E-state index in [2.05, 4.69) is 36.8 Å². The van der Waals surface area contributed by atoms with Gasteiger partial charge in [-0.3, -0.25) is 0 Å². The highest BCUT2D eigenvalue weighted by atomic mass is 32.2. The quantitative estimate of drug-likeness (QED) is 0.663. The zero-order valence-electron chi connectivity index (χ0n) is 7.00. The second-order valence-corrected chi connectivity index (χ2v) is 4.77. The fourth-order valence-electron chi connectivity index (χ4n) is 0.898. The Morgan fingerprint density at radius 1 is 1.18 bits per heavy atom. The molecule has 11 heavy (non-hydrogen) atoms. The van der Waals surface area contributed by atoms with Crippen molar-refractivity contribution in [1.29, 1.82) is 0 Å². The first kappa shape index (κ1) is 8.62. The van der Waals surface area contributed by atoms with Crippen LogP contribution in [0.15, 0.2) is 29.2 Å². The Morgan fingerprint density at radius 3 is 2.09 bits per heavy atom. The molecular weight excluding hydrogens is 154 g/mol. The molecule has 0 aliphatic heterocycles. The molecule has 60 valence electrons. The van der Waals surface area contributed by atoms with Crippen molar-refractivity contribution in [2.24, 2.45) is 5.73 Å². The molecule has 0 aromatic heterocycles. The van der Waals surface area contributed by atoms with Crippen LogP contribution in [0.4, 0.5) is 0 Å². The summed E-state index contributed by atoms with van der Waals surface area (Å²) in [7, 11) is 0.370. The lowest BCUT2D eigenvalue weighted by molar-refractivity contribution is 1.07. The van der Waals surface area contributed by atoms with Crippen LogP contribution in [0.25, 0.3) is 0 Å². The van der Waals surface area contributed by atoms with E-state index in [0.29, 0.717) is 17.4 Å². The Kier molecular flexibility index (Phi) is 2.97. The maximum atomic E-state index is 5.48. The van der Waals surface area contributed by atoms with Crippen molar-refractivity contribution in [1.82, 2.24) is 0 Å². The van der Waals surface area contributed by atoms with Crippen LogP contribution in [0, 0.1) is 0 Å². The van der Waals surface area contributed by atoms with Crippen molar-refractivity contribution in [3.8, 4) is 0 Å². The number of rotatable bonds is 2.